The van der Waals surface area contributed by atoms with Gasteiger partial charge in [0.05, 0.1) is 11.5 Å². The summed E-state index contributed by atoms with van der Waals surface area (Å²) in [5.41, 5.74) is 4.48. The Morgan fingerprint density at radius 2 is 2.22 bits per heavy atom. The molecule has 0 heterocycles. The van der Waals surface area contributed by atoms with Crippen LogP contribution in [0.15, 0.2) is 0 Å². The molecule has 0 aliphatic heterocycles. The monoisotopic (exact) mass is 129 g/mol. The maximum atomic E-state index is 10.6. The summed E-state index contributed by atoms with van der Waals surface area (Å²) in [6, 6.07) is 0. The van der Waals surface area contributed by atoms with Gasteiger partial charge in [-0.05, 0) is 19.8 Å². The highest BCUT2D eigenvalue weighted by atomic mass is 16.3. The predicted molar refractivity (Wildman–Crippen MR) is 32.5 cm³/mol. The molecular weight excluding hydrogens is 118 g/mol. The van der Waals surface area contributed by atoms with Crippen LogP contribution in [0.4, 0.5) is 0 Å². The van der Waals surface area contributed by atoms with Gasteiger partial charge in [0.25, 0.3) is 0 Å². The molecule has 0 aromatic heterocycles. The largest absolute Gasteiger partial charge is 0.392 e. The first-order valence-electron chi connectivity index (χ1n) is 3.07. The first-order chi connectivity index (χ1) is 4.09. The number of primary amides is 1. The molecule has 3 nitrogen and oxygen atoms in total. The summed E-state index contributed by atoms with van der Waals surface area (Å²) in [5.74, 6) is -0.363. The minimum absolute atomic E-state index is 0.363. The fraction of sp³-hybridized carbons (Fsp3) is 0.833. The van der Waals surface area contributed by atoms with Gasteiger partial charge in [-0.1, -0.05) is 0 Å². The predicted octanol–water partition coefficient (Wildman–Crippen LogP) is -0.367. The van der Waals surface area contributed by atoms with Crippen LogP contribution in [0.2, 0.25) is 0 Å². The summed E-state index contributed by atoms with van der Waals surface area (Å²) in [5, 5.41) is 9.01. The first kappa shape index (κ1) is 6.55. The number of aliphatic hydroxyl groups excluding tert-OH is 1. The summed E-state index contributed by atoms with van der Waals surface area (Å²) < 4.78 is 0. The summed E-state index contributed by atoms with van der Waals surface area (Å²) in [7, 11) is 0. The van der Waals surface area contributed by atoms with Crippen molar-refractivity contribution in [1.29, 1.82) is 0 Å². The number of rotatable bonds is 2. The third kappa shape index (κ3) is 0.812. The van der Waals surface area contributed by atoms with Gasteiger partial charge >= 0.3 is 0 Å². The smallest absolute Gasteiger partial charge is 0.226 e. The number of amides is 1. The highest BCUT2D eigenvalue weighted by Crippen LogP contribution is 2.48. The molecule has 1 atom stereocenters. The molecule has 3 heteroatoms. The van der Waals surface area contributed by atoms with Crippen LogP contribution in [-0.4, -0.2) is 17.1 Å². The number of carbonyl (C=O) groups is 1. The van der Waals surface area contributed by atoms with Gasteiger partial charge in [-0.2, -0.15) is 0 Å². The van der Waals surface area contributed by atoms with Crippen molar-refractivity contribution in [3.05, 3.63) is 0 Å². The molecule has 1 rings (SSSR count). The molecule has 0 radical (unpaired) electrons. The van der Waals surface area contributed by atoms with Crippen molar-refractivity contribution in [1.82, 2.24) is 0 Å². The molecule has 0 aromatic rings. The third-order valence-electron chi connectivity index (χ3n) is 2.08. The van der Waals surface area contributed by atoms with Crippen LogP contribution in [-0.2, 0) is 4.79 Å². The Hall–Kier alpha value is -0.570. The molecule has 3 N–H and O–H groups in total. The quantitative estimate of drug-likeness (QED) is 0.534. The van der Waals surface area contributed by atoms with Gasteiger partial charge in [0.15, 0.2) is 0 Å². The average Bonchev–Trinajstić information content (AvgIpc) is 2.40. The molecule has 0 spiro atoms. The van der Waals surface area contributed by atoms with Crippen LogP contribution >= 0.6 is 0 Å². The Morgan fingerprint density at radius 1 is 1.78 bits per heavy atom. The van der Waals surface area contributed by atoms with E-state index in [1.807, 2.05) is 0 Å². The maximum Gasteiger partial charge on any atom is 0.226 e. The minimum Gasteiger partial charge on any atom is -0.392 e. The molecule has 0 aromatic carbocycles. The Labute approximate surface area is 53.9 Å². The van der Waals surface area contributed by atoms with Gasteiger partial charge in [0, 0.05) is 0 Å². The molecular formula is C6H11NO2. The normalized spacial score (nSPS) is 25.1. The maximum absolute atomic E-state index is 10.6. The highest BCUT2D eigenvalue weighted by molar-refractivity contribution is 5.84. The second kappa shape index (κ2) is 1.70. The van der Waals surface area contributed by atoms with Crippen LogP contribution in [0.3, 0.4) is 0 Å². The van der Waals surface area contributed by atoms with Gasteiger partial charge in [-0.3, -0.25) is 4.79 Å². The van der Waals surface area contributed by atoms with Gasteiger partial charge in [-0.25, -0.2) is 0 Å². The first-order valence-corrected chi connectivity index (χ1v) is 3.07. The van der Waals surface area contributed by atoms with Crippen molar-refractivity contribution >= 4 is 5.91 Å². The van der Waals surface area contributed by atoms with E-state index in [4.69, 9.17) is 10.8 Å². The second-order valence-electron chi connectivity index (χ2n) is 2.70. The van der Waals surface area contributed by atoms with E-state index in [1.165, 1.54) is 0 Å². The van der Waals surface area contributed by atoms with E-state index < -0.39 is 11.5 Å². The van der Waals surface area contributed by atoms with Crippen molar-refractivity contribution < 1.29 is 9.90 Å². The Bertz CT molecular complexity index is 138. The van der Waals surface area contributed by atoms with Crippen molar-refractivity contribution in [3.63, 3.8) is 0 Å². The van der Waals surface area contributed by atoms with Crippen molar-refractivity contribution in [3.8, 4) is 0 Å². The molecule has 0 unspecified atom stereocenters. The summed E-state index contributed by atoms with van der Waals surface area (Å²) in [6.07, 6.45) is 0.926. The number of carbonyl (C=O) groups excluding carboxylic acids is 1. The van der Waals surface area contributed by atoms with Crippen molar-refractivity contribution in [2.24, 2.45) is 11.1 Å². The number of aliphatic hydroxyl groups is 1. The second-order valence-corrected chi connectivity index (χ2v) is 2.70. The van der Waals surface area contributed by atoms with E-state index in [2.05, 4.69) is 0 Å². The van der Waals surface area contributed by atoms with E-state index in [0.29, 0.717) is 0 Å². The van der Waals surface area contributed by atoms with Crippen LogP contribution < -0.4 is 5.73 Å². The molecule has 0 bridgehead atoms. The van der Waals surface area contributed by atoms with E-state index in [9.17, 15) is 4.79 Å². The van der Waals surface area contributed by atoms with Crippen LogP contribution in [0.5, 0.6) is 0 Å². The van der Waals surface area contributed by atoms with Crippen molar-refractivity contribution in [2.45, 2.75) is 25.9 Å². The van der Waals surface area contributed by atoms with E-state index in [-0.39, 0.29) is 5.91 Å². The molecule has 0 saturated heterocycles. The lowest BCUT2D eigenvalue weighted by Crippen LogP contribution is -2.33. The minimum atomic E-state index is -0.574. The zero-order valence-corrected chi connectivity index (χ0v) is 5.42. The Kier molecular flexibility index (Phi) is 1.24. The Balaban J connectivity index is 2.63. The van der Waals surface area contributed by atoms with Gasteiger partial charge < -0.3 is 10.8 Å². The third-order valence-corrected chi connectivity index (χ3v) is 2.08. The molecule has 1 amide bonds. The molecule has 1 fully saturated rings. The molecule has 52 valence electrons. The van der Waals surface area contributed by atoms with Gasteiger partial charge in [0.1, 0.15) is 0 Å². The highest BCUT2D eigenvalue weighted by Gasteiger charge is 2.52. The van der Waals surface area contributed by atoms with E-state index in [0.717, 1.165) is 12.8 Å². The zero-order chi connectivity index (χ0) is 7.07. The molecule has 1 aliphatic carbocycles. The molecule has 1 aliphatic rings. The van der Waals surface area contributed by atoms with Gasteiger partial charge in [0.2, 0.25) is 5.91 Å². The zero-order valence-electron chi connectivity index (χ0n) is 5.42. The number of nitrogens with two attached hydrogens (primary N) is 1. The number of hydrogen-bond donors (Lipinski definition) is 2. The lowest BCUT2D eigenvalue weighted by molar-refractivity contribution is -0.126. The summed E-state index contributed by atoms with van der Waals surface area (Å²) in [6.45, 7) is 1.61. The molecule has 9 heavy (non-hydrogen) atoms. The van der Waals surface area contributed by atoms with E-state index in [1.54, 1.807) is 6.92 Å². The average molecular weight is 129 g/mol. The topological polar surface area (TPSA) is 63.3 Å². The summed E-state index contributed by atoms with van der Waals surface area (Å²) in [4.78, 5) is 10.6. The van der Waals surface area contributed by atoms with E-state index >= 15 is 0 Å². The van der Waals surface area contributed by atoms with Crippen LogP contribution in [0.25, 0.3) is 0 Å². The molecule has 1 saturated carbocycles. The Morgan fingerprint density at radius 3 is 2.22 bits per heavy atom. The number of hydrogen-bond acceptors (Lipinski definition) is 2. The lowest BCUT2D eigenvalue weighted by Gasteiger charge is -2.12. The fourth-order valence-corrected chi connectivity index (χ4v) is 1.00. The SMILES string of the molecule is C[C@@H](O)C1(C(N)=O)CC1. The lowest BCUT2D eigenvalue weighted by atomic mass is 10.0. The van der Waals surface area contributed by atoms with Crippen molar-refractivity contribution in [2.75, 3.05) is 0 Å². The standard InChI is InChI=1S/C6H11NO2/c1-4(8)6(2-3-6)5(7)9/h4,8H,2-3H2,1H3,(H2,7,9)/t4-/m1/s1. The fourth-order valence-electron chi connectivity index (χ4n) is 1.00. The summed E-state index contributed by atoms with van der Waals surface area (Å²) >= 11 is 0. The van der Waals surface area contributed by atoms with Crippen LogP contribution in [0.1, 0.15) is 19.8 Å². The van der Waals surface area contributed by atoms with Crippen LogP contribution in [0, 0.1) is 5.41 Å². The van der Waals surface area contributed by atoms with Gasteiger partial charge in [-0.15, -0.1) is 0 Å².